The highest BCUT2D eigenvalue weighted by Gasteiger charge is 2.08. The van der Waals surface area contributed by atoms with Crippen LogP contribution in [0.25, 0.3) is 0 Å². The first kappa shape index (κ1) is 15.7. The quantitative estimate of drug-likeness (QED) is 0.744. The van der Waals surface area contributed by atoms with Gasteiger partial charge < -0.3 is 20.5 Å². The largest absolute Gasteiger partial charge is 0.508 e. The standard InChI is InChI=1S/C17H20N2O3/c1-12-4-3-5-14(10-12)11-18-17(21)19-13(2)22-16-8-6-15(20)7-9-16/h3-10,13,20H,11H2,1-2H3,(H2,18,19,21). The van der Waals surface area contributed by atoms with Crippen molar-refractivity contribution >= 4 is 6.03 Å². The molecule has 116 valence electrons. The number of urea groups is 1. The van der Waals surface area contributed by atoms with Crippen molar-refractivity contribution in [1.29, 1.82) is 0 Å². The number of carbonyl (C=O) groups excluding carboxylic acids is 1. The molecule has 0 radical (unpaired) electrons. The van der Waals surface area contributed by atoms with Gasteiger partial charge in [-0.1, -0.05) is 29.8 Å². The van der Waals surface area contributed by atoms with Gasteiger partial charge in [0.15, 0.2) is 6.23 Å². The number of ether oxygens (including phenoxy) is 1. The lowest BCUT2D eigenvalue weighted by Crippen LogP contribution is -2.43. The van der Waals surface area contributed by atoms with Gasteiger partial charge in [-0.15, -0.1) is 0 Å². The third-order valence-corrected chi connectivity index (χ3v) is 3.02. The molecule has 0 bridgehead atoms. The van der Waals surface area contributed by atoms with Crippen molar-refractivity contribution in [1.82, 2.24) is 10.6 Å². The van der Waals surface area contributed by atoms with E-state index in [1.807, 2.05) is 31.2 Å². The first-order chi connectivity index (χ1) is 10.5. The average molecular weight is 300 g/mol. The van der Waals surface area contributed by atoms with Gasteiger partial charge in [-0.3, -0.25) is 0 Å². The zero-order valence-corrected chi connectivity index (χ0v) is 12.7. The Kier molecular flexibility index (Phi) is 5.25. The smallest absolute Gasteiger partial charge is 0.317 e. The molecule has 0 aliphatic carbocycles. The molecule has 3 N–H and O–H groups in total. The predicted octanol–water partition coefficient (Wildman–Crippen LogP) is 2.92. The Morgan fingerprint density at radius 1 is 1.23 bits per heavy atom. The highest BCUT2D eigenvalue weighted by molar-refractivity contribution is 5.74. The molecule has 0 heterocycles. The van der Waals surface area contributed by atoms with Crippen LogP contribution in [0.2, 0.25) is 0 Å². The third kappa shape index (κ3) is 5.01. The van der Waals surface area contributed by atoms with Crippen LogP contribution in [0.4, 0.5) is 4.79 Å². The molecule has 5 nitrogen and oxygen atoms in total. The van der Waals surface area contributed by atoms with E-state index in [9.17, 15) is 9.90 Å². The van der Waals surface area contributed by atoms with Gasteiger partial charge in [-0.05, 0) is 43.7 Å². The van der Waals surface area contributed by atoms with Crippen LogP contribution in [-0.4, -0.2) is 17.4 Å². The number of hydrogen-bond donors (Lipinski definition) is 3. The number of benzene rings is 2. The minimum atomic E-state index is -0.484. The Morgan fingerprint density at radius 2 is 1.95 bits per heavy atom. The lowest BCUT2D eigenvalue weighted by Gasteiger charge is -2.17. The van der Waals surface area contributed by atoms with Gasteiger partial charge in [0.25, 0.3) is 0 Å². The minimum Gasteiger partial charge on any atom is -0.508 e. The lowest BCUT2D eigenvalue weighted by molar-refractivity contribution is 0.177. The number of rotatable bonds is 5. The highest BCUT2D eigenvalue weighted by Crippen LogP contribution is 2.16. The van der Waals surface area contributed by atoms with E-state index in [4.69, 9.17) is 4.74 Å². The van der Waals surface area contributed by atoms with Crippen molar-refractivity contribution in [3.8, 4) is 11.5 Å². The molecule has 0 aliphatic heterocycles. The van der Waals surface area contributed by atoms with Crippen molar-refractivity contribution < 1.29 is 14.6 Å². The van der Waals surface area contributed by atoms with Crippen LogP contribution in [0.3, 0.4) is 0 Å². The second-order valence-corrected chi connectivity index (χ2v) is 5.07. The van der Waals surface area contributed by atoms with Crippen LogP contribution < -0.4 is 15.4 Å². The topological polar surface area (TPSA) is 70.6 Å². The Bertz CT molecular complexity index is 626. The molecule has 2 aromatic rings. The number of hydrogen-bond acceptors (Lipinski definition) is 3. The number of phenolic OH excluding ortho intramolecular Hbond substituents is 1. The normalized spacial score (nSPS) is 11.5. The van der Waals surface area contributed by atoms with E-state index >= 15 is 0 Å². The van der Waals surface area contributed by atoms with Gasteiger partial charge in [0, 0.05) is 6.54 Å². The first-order valence-corrected chi connectivity index (χ1v) is 7.08. The van der Waals surface area contributed by atoms with E-state index in [0.717, 1.165) is 11.1 Å². The molecule has 2 aromatic carbocycles. The summed E-state index contributed by atoms with van der Waals surface area (Å²) in [7, 11) is 0. The Balaban J connectivity index is 1.77. The average Bonchev–Trinajstić information content (AvgIpc) is 2.47. The number of amides is 2. The molecule has 5 heteroatoms. The molecule has 22 heavy (non-hydrogen) atoms. The van der Waals surface area contributed by atoms with Gasteiger partial charge in [0.1, 0.15) is 11.5 Å². The first-order valence-electron chi connectivity index (χ1n) is 7.08. The summed E-state index contributed by atoms with van der Waals surface area (Å²) in [6, 6.07) is 14.0. The summed E-state index contributed by atoms with van der Waals surface area (Å²) >= 11 is 0. The molecule has 0 spiro atoms. The van der Waals surface area contributed by atoms with Gasteiger partial charge in [0.05, 0.1) is 0 Å². The fourth-order valence-corrected chi connectivity index (χ4v) is 2.00. The third-order valence-electron chi connectivity index (χ3n) is 3.02. The second-order valence-electron chi connectivity index (χ2n) is 5.07. The zero-order chi connectivity index (χ0) is 15.9. The SMILES string of the molecule is Cc1cccc(CNC(=O)NC(C)Oc2ccc(O)cc2)c1. The molecule has 1 atom stereocenters. The van der Waals surface area contributed by atoms with Crippen molar-refractivity contribution in [2.75, 3.05) is 0 Å². The van der Waals surface area contributed by atoms with Crippen molar-refractivity contribution in [2.24, 2.45) is 0 Å². The molecule has 2 amide bonds. The van der Waals surface area contributed by atoms with Crippen LogP contribution in [-0.2, 0) is 6.54 Å². The summed E-state index contributed by atoms with van der Waals surface area (Å²) in [6.45, 7) is 4.20. The van der Waals surface area contributed by atoms with Gasteiger partial charge in [-0.2, -0.15) is 0 Å². The highest BCUT2D eigenvalue weighted by atomic mass is 16.5. The fraction of sp³-hybridized carbons (Fsp3) is 0.235. The van der Waals surface area contributed by atoms with Crippen molar-refractivity contribution in [3.63, 3.8) is 0 Å². The van der Waals surface area contributed by atoms with E-state index < -0.39 is 6.23 Å². The van der Waals surface area contributed by atoms with E-state index in [0.29, 0.717) is 12.3 Å². The predicted molar refractivity (Wildman–Crippen MR) is 84.7 cm³/mol. The summed E-state index contributed by atoms with van der Waals surface area (Å²) in [5, 5.41) is 14.7. The summed E-state index contributed by atoms with van der Waals surface area (Å²) in [5.74, 6) is 0.744. The van der Waals surface area contributed by atoms with Crippen LogP contribution >= 0.6 is 0 Å². The summed E-state index contributed by atoms with van der Waals surface area (Å²) in [6.07, 6.45) is -0.484. The van der Waals surface area contributed by atoms with E-state index in [-0.39, 0.29) is 11.8 Å². The summed E-state index contributed by atoms with van der Waals surface area (Å²) in [4.78, 5) is 11.8. The summed E-state index contributed by atoms with van der Waals surface area (Å²) < 4.78 is 5.53. The molecule has 0 saturated heterocycles. The van der Waals surface area contributed by atoms with Crippen LogP contribution in [0.5, 0.6) is 11.5 Å². The van der Waals surface area contributed by atoms with Crippen LogP contribution in [0.15, 0.2) is 48.5 Å². The Labute approximate surface area is 129 Å². The molecule has 1 unspecified atom stereocenters. The Morgan fingerprint density at radius 3 is 2.64 bits per heavy atom. The van der Waals surface area contributed by atoms with E-state index in [1.54, 1.807) is 19.1 Å². The molecule has 0 aliphatic rings. The van der Waals surface area contributed by atoms with E-state index in [2.05, 4.69) is 10.6 Å². The summed E-state index contributed by atoms with van der Waals surface area (Å²) in [5.41, 5.74) is 2.20. The monoisotopic (exact) mass is 300 g/mol. The Hall–Kier alpha value is -2.69. The van der Waals surface area contributed by atoms with Crippen LogP contribution in [0, 0.1) is 6.92 Å². The molecular formula is C17H20N2O3. The molecular weight excluding hydrogens is 280 g/mol. The number of phenols is 1. The second kappa shape index (κ2) is 7.36. The molecule has 0 aromatic heterocycles. The molecule has 0 fully saturated rings. The number of aryl methyl sites for hydroxylation is 1. The zero-order valence-electron chi connectivity index (χ0n) is 12.7. The molecule has 2 rings (SSSR count). The van der Waals surface area contributed by atoms with Crippen molar-refractivity contribution in [2.45, 2.75) is 26.6 Å². The van der Waals surface area contributed by atoms with Crippen molar-refractivity contribution in [3.05, 3.63) is 59.7 Å². The maximum atomic E-state index is 11.8. The molecule has 0 saturated carbocycles. The van der Waals surface area contributed by atoms with Gasteiger partial charge in [-0.25, -0.2) is 4.79 Å². The maximum absolute atomic E-state index is 11.8. The number of nitrogens with one attached hydrogen (secondary N) is 2. The minimum absolute atomic E-state index is 0.170. The van der Waals surface area contributed by atoms with Crippen LogP contribution in [0.1, 0.15) is 18.1 Å². The lowest BCUT2D eigenvalue weighted by atomic mass is 10.1. The number of aromatic hydroxyl groups is 1. The fourth-order valence-electron chi connectivity index (χ4n) is 2.00. The van der Waals surface area contributed by atoms with E-state index in [1.165, 1.54) is 12.1 Å². The van der Waals surface area contributed by atoms with Gasteiger partial charge in [0.2, 0.25) is 0 Å². The van der Waals surface area contributed by atoms with Gasteiger partial charge >= 0.3 is 6.03 Å². The number of carbonyl (C=O) groups is 1. The maximum Gasteiger partial charge on any atom is 0.317 e.